The van der Waals surface area contributed by atoms with Crippen molar-refractivity contribution < 1.29 is 13.3 Å². The minimum Gasteiger partial charge on any atom is -0.374 e. The van der Waals surface area contributed by atoms with Crippen LogP contribution in [0.2, 0.25) is 6.04 Å². The zero-order valence-electron chi connectivity index (χ0n) is 16.1. The van der Waals surface area contributed by atoms with Gasteiger partial charge in [0.25, 0.3) is 0 Å². The van der Waals surface area contributed by atoms with Crippen molar-refractivity contribution in [2.24, 2.45) is 0 Å². The number of aryl methyl sites for hydroxylation is 2. The molecule has 0 unspecified atom stereocenters. The molecule has 0 fully saturated rings. The van der Waals surface area contributed by atoms with E-state index < -0.39 is 8.80 Å². The molecule has 0 bridgehead atoms. The molecule has 0 saturated heterocycles. The molecule has 0 aromatic carbocycles. The van der Waals surface area contributed by atoms with Crippen LogP contribution < -0.4 is 0 Å². The largest absolute Gasteiger partial charge is 0.500 e. The minimum absolute atomic E-state index is 0.661. The quantitative estimate of drug-likeness (QED) is 0.285. The van der Waals surface area contributed by atoms with Gasteiger partial charge in [-0.1, -0.05) is 26.2 Å². The molecular weight excluding hydrogens is 336 g/mol. The lowest BCUT2D eigenvalue weighted by molar-refractivity contribution is 0.0708. The third kappa shape index (κ3) is 7.79. The van der Waals surface area contributed by atoms with E-state index >= 15 is 0 Å². The minimum atomic E-state index is -2.48. The molecule has 1 heterocycles. The summed E-state index contributed by atoms with van der Waals surface area (Å²) in [5.74, 6) is 0. The van der Waals surface area contributed by atoms with E-state index in [2.05, 4.69) is 18.4 Å². The van der Waals surface area contributed by atoms with E-state index in [1.807, 2.05) is 32.1 Å². The Morgan fingerprint density at radius 2 is 1.50 bits per heavy atom. The maximum atomic E-state index is 5.95. The van der Waals surface area contributed by atoms with Crippen molar-refractivity contribution in [1.29, 1.82) is 0 Å². The first-order valence-electron chi connectivity index (χ1n) is 9.68. The lowest BCUT2D eigenvalue weighted by atomic mass is 10.1. The van der Waals surface area contributed by atoms with Gasteiger partial charge in [-0.15, -0.1) is 11.3 Å². The topological polar surface area (TPSA) is 27.7 Å². The van der Waals surface area contributed by atoms with Crippen molar-refractivity contribution in [3.05, 3.63) is 21.9 Å². The van der Waals surface area contributed by atoms with Gasteiger partial charge in [-0.05, 0) is 63.5 Å². The molecule has 0 atom stereocenters. The highest BCUT2D eigenvalue weighted by molar-refractivity contribution is 7.10. The van der Waals surface area contributed by atoms with E-state index in [0.717, 1.165) is 18.9 Å². The molecule has 0 aliphatic carbocycles. The Morgan fingerprint density at radius 3 is 2.08 bits per heavy atom. The summed E-state index contributed by atoms with van der Waals surface area (Å²) in [4.78, 5) is 1.54. The molecule has 0 aliphatic heterocycles. The lowest BCUT2D eigenvalue weighted by Gasteiger charge is -2.28. The molecule has 5 heteroatoms. The van der Waals surface area contributed by atoms with Crippen molar-refractivity contribution in [3.63, 3.8) is 0 Å². The second-order valence-corrected chi connectivity index (χ2v) is 9.75. The van der Waals surface area contributed by atoms with Gasteiger partial charge in [-0.25, -0.2) is 0 Å². The van der Waals surface area contributed by atoms with Crippen LogP contribution in [0.5, 0.6) is 0 Å². The maximum absolute atomic E-state index is 5.95. The molecule has 0 saturated carbocycles. The highest BCUT2D eigenvalue weighted by atomic mass is 32.1. The van der Waals surface area contributed by atoms with Gasteiger partial charge in [-0.2, -0.15) is 0 Å². The summed E-state index contributed by atoms with van der Waals surface area (Å²) in [6.07, 6.45) is 8.73. The molecule has 0 amide bonds. The third-order valence-corrected chi connectivity index (χ3v) is 8.29. The van der Waals surface area contributed by atoms with Crippen LogP contribution in [0.1, 0.15) is 70.2 Å². The molecule has 0 N–H and O–H groups in total. The average Bonchev–Trinajstić information content (AvgIpc) is 3.00. The third-order valence-electron chi connectivity index (χ3n) is 4.12. The normalized spacial score (nSPS) is 12.0. The molecule has 3 nitrogen and oxygen atoms in total. The molecule has 1 aromatic heterocycles. The van der Waals surface area contributed by atoms with E-state index in [-0.39, 0.29) is 0 Å². The van der Waals surface area contributed by atoms with E-state index in [0.29, 0.717) is 19.8 Å². The predicted octanol–water partition coefficient (Wildman–Crippen LogP) is 5.85. The highest BCUT2D eigenvalue weighted by Crippen LogP contribution is 2.25. The summed E-state index contributed by atoms with van der Waals surface area (Å²) in [5, 5.41) is 2.24. The van der Waals surface area contributed by atoms with Crippen molar-refractivity contribution in [2.45, 2.75) is 78.7 Å². The smallest absolute Gasteiger partial charge is 0.374 e. The summed E-state index contributed by atoms with van der Waals surface area (Å²) in [7, 11) is -2.48. The summed E-state index contributed by atoms with van der Waals surface area (Å²) < 4.78 is 17.8. The van der Waals surface area contributed by atoms with Crippen LogP contribution in [0.3, 0.4) is 0 Å². The van der Waals surface area contributed by atoms with Crippen molar-refractivity contribution in [2.75, 3.05) is 19.8 Å². The van der Waals surface area contributed by atoms with Gasteiger partial charge in [0.1, 0.15) is 0 Å². The Hall–Kier alpha value is -0.203. The van der Waals surface area contributed by atoms with Crippen LogP contribution in [-0.4, -0.2) is 28.6 Å². The first kappa shape index (κ1) is 21.8. The molecule has 24 heavy (non-hydrogen) atoms. The summed E-state index contributed by atoms with van der Waals surface area (Å²) in [5.41, 5.74) is 1.55. The van der Waals surface area contributed by atoms with E-state index in [1.54, 1.807) is 10.4 Å². The lowest BCUT2D eigenvalue weighted by Crippen LogP contribution is -2.46. The van der Waals surface area contributed by atoms with Crippen molar-refractivity contribution >= 4 is 20.1 Å². The van der Waals surface area contributed by atoms with Crippen LogP contribution in [-0.2, 0) is 26.1 Å². The molecule has 0 radical (unpaired) electrons. The second kappa shape index (κ2) is 13.1. The highest BCUT2D eigenvalue weighted by Gasteiger charge is 2.39. The summed E-state index contributed by atoms with van der Waals surface area (Å²) in [6.45, 7) is 10.3. The Bertz CT molecular complexity index is 405. The second-order valence-electron chi connectivity index (χ2n) is 6.02. The first-order valence-corrected chi connectivity index (χ1v) is 12.5. The van der Waals surface area contributed by atoms with Gasteiger partial charge in [0.2, 0.25) is 0 Å². The van der Waals surface area contributed by atoms with Crippen LogP contribution in [0.15, 0.2) is 11.4 Å². The summed E-state index contributed by atoms with van der Waals surface area (Å²) >= 11 is 1.90. The number of hydrogen-bond donors (Lipinski definition) is 0. The number of rotatable bonds is 15. The zero-order chi connectivity index (χ0) is 17.7. The van der Waals surface area contributed by atoms with E-state index in [4.69, 9.17) is 13.3 Å². The first-order chi connectivity index (χ1) is 11.7. The van der Waals surface area contributed by atoms with Gasteiger partial charge in [-0.3, -0.25) is 0 Å². The van der Waals surface area contributed by atoms with Crippen LogP contribution in [0.4, 0.5) is 0 Å². The molecule has 0 spiro atoms. The van der Waals surface area contributed by atoms with Crippen LogP contribution in [0.25, 0.3) is 0 Å². The molecule has 1 aromatic rings. The fraction of sp³-hybridized carbons (Fsp3) is 0.789. The number of thiophene rings is 1. The van der Waals surface area contributed by atoms with Crippen LogP contribution in [0, 0.1) is 0 Å². The Balaban J connectivity index is 2.50. The number of hydrogen-bond acceptors (Lipinski definition) is 4. The van der Waals surface area contributed by atoms with Gasteiger partial charge >= 0.3 is 8.80 Å². The van der Waals surface area contributed by atoms with E-state index in [1.165, 1.54) is 32.1 Å². The monoisotopic (exact) mass is 372 g/mol. The van der Waals surface area contributed by atoms with E-state index in [9.17, 15) is 0 Å². The van der Waals surface area contributed by atoms with Gasteiger partial charge in [0.05, 0.1) is 0 Å². The maximum Gasteiger partial charge on any atom is 0.500 e. The zero-order valence-corrected chi connectivity index (χ0v) is 17.9. The van der Waals surface area contributed by atoms with Gasteiger partial charge < -0.3 is 13.3 Å². The Kier molecular flexibility index (Phi) is 11.9. The molecule has 140 valence electrons. The van der Waals surface area contributed by atoms with Gasteiger partial charge in [0, 0.05) is 30.7 Å². The SMILES string of the molecule is CCCCCCc1ccsc1CCC[Si](OCC)(OCC)OCC. The van der Waals surface area contributed by atoms with Crippen molar-refractivity contribution in [3.8, 4) is 0 Å². The summed E-state index contributed by atoms with van der Waals surface area (Å²) in [6, 6.07) is 3.22. The molecule has 1 rings (SSSR count). The fourth-order valence-electron chi connectivity index (χ4n) is 3.02. The van der Waals surface area contributed by atoms with Crippen molar-refractivity contribution in [1.82, 2.24) is 0 Å². The fourth-order valence-corrected chi connectivity index (χ4v) is 6.61. The Labute approximate surface area is 154 Å². The van der Waals surface area contributed by atoms with Gasteiger partial charge in [0.15, 0.2) is 0 Å². The standard InChI is InChI=1S/C19H36O3SSi/c1-5-9-10-11-13-18-15-16-23-19(18)14-12-17-24(20-6-2,21-7-3)22-8-4/h15-16H,5-14,17H2,1-4H3. The van der Waals surface area contributed by atoms with Crippen LogP contribution >= 0.6 is 11.3 Å². The average molecular weight is 373 g/mol. The predicted molar refractivity (Wildman–Crippen MR) is 106 cm³/mol. The molecular formula is C19H36O3SSi. The molecule has 0 aliphatic rings. The Morgan fingerprint density at radius 1 is 0.833 bits per heavy atom. The number of unbranched alkanes of at least 4 members (excludes halogenated alkanes) is 3.